The van der Waals surface area contributed by atoms with E-state index in [2.05, 4.69) is 10.1 Å². The van der Waals surface area contributed by atoms with E-state index in [9.17, 15) is 10.1 Å². The molecule has 7 heteroatoms. The van der Waals surface area contributed by atoms with Crippen molar-refractivity contribution < 1.29 is 4.92 Å². The summed E-state index contributed by atoms with van der Waals surface area (Å²) in [5, 5.41) is 14.9. The molecule has 0 spiro atoms. The van der Waals surface area contributed by atoms with E-state index in [0.29, 0.717) is 5.69 Å². The number of nitrogen functional groups attached to an aromatic ring is 1. The van der Waals surface area contributed by atoms with Crippen molar-refractivity contribution in [2.75, 3.05) is 5.73 Å². The lowest BCUT2D eigenvalue weighted by atomic mass is 10.2. The zero-order valence-electron chi connectivity index (χ0n) is 9.91. The molecule has 2 N–H and O–H groups in total. The lowest BCUT2D eigenvalue weighted by Crippen LogP contribution is -1.97. The van der Waals surface area contributed by atoms with Gasteiger partial charge in [0.2, 0.25) is 0 Å². The summed E-state index contributed by atoms with van der Waals surface area (Å²) in [7, 11) is 0. The number of nitrogens with zero attached hydrogens (tertiary/aromatic N) is 4. The van der Waals surface area contributed by atoms with Crippen molar-refractivity contribution in [1.29, 1.82) is 0 Å². The highest BCUT2D eigenvalue weighted by molar-refractivity contribution is 5.63. The average molecular weight is 247 g/mol. The van der Waals surface area contributed by atoms with Crippen molar-refractivity contribution in [2.45, 2.75) is 19.9 Å². The largest absolute Gasteiger partial charge is 0.383 e. The number of hydrogen-bond acceptors (Lipinski definition) is 5. The number of aromatic nitrogens is 3. The summed E-state index contributed by atoms with van der Waals surface area (Å²) in [6.07, 6.45) is 4.39. The van der Waals surface area contributed by atoms with E-state index < -0.39 is 4.92 Å². The average Bonchev–Trinajstić information content (AvgIpc) is 2.77. The highest BCUT2D eigenvalue weighted by Crippen LogP contribution is 2.23. The standard InChI is InChI=1S/C11H13N5O2/c1-2-3-15-7-8(6-13-15)10-4-9(16(17)18)5-11(12)14-10/h4-7H,2-3H2,1H3,(H2,12,14). The SMILES string of the molecule is CCCn1cc(-c2cc([N+](=O)[O-])cc(N)n2)cn1. The summed E-state index contributed by atoms with van der Waals surface area (Å²) in [4.78, 5) is 14.3. The molecule has 18 heavy (non-hydrogen) atoms. The van der Waals surface area contributed by atoms with Crippen LogP contribution in [0.3, 0.4) is 0 Å². The van der Waals surface area contributed by atoms with E-state index in [1.807, 2.05) is 6.92 Å². The van der Waals surface area contributed by atoms with Crippen molar-refractivity contribution >= 4 is 11.5 Å². The van der Waals surface area contributed by atoms with Gasteiger partial charge in [0.15, 0.2) is 0 Å². The third-order valence-electron chi connectivity index (χ3n) is 2.42. The van der Waals surface area contributed by atoms with Crippen LogP contribution in [0.15, 0.2) is 24.5 Å². The minimum Gasteiger partial charge on any atom is -0.383 e. The van der Waals surface area contributed by atoms with E-state index in [1.54, 1.807) is 17.1 Å². The molecule has 0 unspecified atom stereocenters. The van der Waals surface area contributed by atoms with Crippen LogP contribution in [0.25, 0.3) is 11.3 Å². The van der Waals surface area contributed by atoms with Gasteiger partial charge in [-0.15, -0.1) is 0 Å². The molecule has 0 saturated carbocycles. The third kappa shape index (κ3) is 2.45. The lowest BCUT2D eigenvalue weighted by molar-refractivity contribution is -0.384. The van der Waals surface area contributed by atoms with Gasteiger partial charge in [-0.2, -0.15) is 5.10 Å². The van der Waals surface area contributed by atoms with Crippen LogP contribution in [0, 0.1) is 10.1 Å². The number of nitro groups is 1. The Morgan fingerprint density at radius 2 is 2.28 bits per heavy atom. The molecular formula is C11H13N5O2. The van der Waals surface area contributed by atoms with Gasteiger partial charge < -0.3 is 5.73 Å². The Kier molecular flexibility index (Phi) is 3.22. The molecule has 94 valence electrons. The molecule has 2 rings (SSSR count). The first-order chi connectivity index (χ1) is 8.60. The number of hydrogen-bond donors (Lipinski definition) is 1. The highest BCUT2D eigenvalue weighted by Gasteiger charge is 2.12. The topological polar surface area (TPSA) is 99.9 Å². The number of nitrogens with two attached hydrogens (primary N) is 1. The van der Waals surface area contributed by atoms with E-state index in [-0.39, 0.29) is 11.5 Å². The number of anilines is 1. The molecule has 0 aliphatic heterocycles. The molecule has 0 amide bonds. The predicted molar refractivity (Wildman–Crippen MR) is 66.8 cm³/mol. The monoisotopic (exact) mass is 247 g/mol. The molecule has 2 aromatic heterocycles. The molecule has 0 atom stereocenters. The summed E-state index contributed by atoms with van der Waals surface area (Å²) in [6, 6.07) is 2.63. The Balaban J connectivity index is 2.39. The van der Waals surface area contributed by atoms with E-state index in [4.69, 9.17) is 5.73 Å². The number of pyridine rings is 1. The predicted octanol–water partition coefficient (Wildman–Crippen LogP) is 1.85. The van der Waals surface area contributed by atoms with Gasteiger partial charge in [-0.3, -0.25) is 14.8 Å². The molecular weight excluding hydrogens is 234 g/mol. The maximum Gasteiger partial charge on any atom is 0.275 e. The van der Waals surface area contributed by atoms with Crippen molar-refractivity contribution in [3.63, 3.8) is 0 Å². The van der Waals surface area contributed by atoms with Gasteiger partial charge in [-0.05, 0) is 6.42 Å². The quantitative estimate of drug-likeness (QED) is 0.656. The second kappa shape index (κ2) is 4.82. The Bertz CT molecular complexity index is 579. The second-order valence-electron chi connectivity index (χ2n) is 3.88. The maximum absolute atomic E-state index is 10.7. The molecule has 0 aliphatic rings. The van der Waals surface area contributed by atoms with Crippen LogP contribution >= 0.6 is 0 Å². The molecule has 0 radical (unpaired) electrons. The van der Waals surface area contributed by atoms with Gasteiger partial charge in [0.25, 0.3) is 5.69 Å². The first kappa shape index (κ1) is 12.0. The highest BCUT2D eigenvalue weighted by atomic mass is 16.6. The van der Waals surface area contributed by atoms with Crippen molar-refractivity contribution in [2.24, 2.45) is 0 Å². The van der Waals surface area contributed by atoms with Gasteiger partial charge in [-0.1, -0.05) is 6.92 Å². The Hall–Kier alpha value is -2.44. The van der Waals surface area contributed by atoms with Crippen molar-refractivity contribution in [1.82, 2.24) is 14.8 Å². The molecule has 0 aromatic carbocycles. The van der Waals surface area contributed by atoms with Crippen LogP contribution in [-0.4, -0.2) is 19.7 Å². The summed E-state index contributed by atoms with van der Waals surface area (Å²) in [5.74, 6) is 0.127. The molecule has 0 fully saturated rings. The van der Waals surface area contributed by atoms with E-state index in [1.165, 1.54) is 12.1 Å². The van der Waals surface area contributed by atoms with Crippen molar-refractivity contribution in [3.05, 3.63) is 34.6 Å². The summed E-state index contributed by atoms with van der Waals surface area (Å²) >= 11 is 0. The molecule has 0 aliphatic carbocycles. The Morgan fingerprint density at radius 3 is 2.94 bits per heavy atom. The summed E-state index contributed by atoms with van der Waals surface area (Å²) < 4.78 is 1.77. The van der Waals surface area contributed by atoms with Gasteiger partial charge >= 0.3 is 0 Å². The van der Waals surface area contributed by atoms with Crippen LogP contribution in [0.5, 0.6) is 0 Å². The normalized spacial score (nSPS) is 10.5. The fourth-order valence-electron chi connectivity index (χ4n) is 1.64. The Labute approximate surface area is 103 Å². The van der Waals surface area contributed by atoms with Gasteiger partial charge in [0.05, 0.1) is 22.9 Å². The minimum atomic E-state index is -0.488. The number of rotatable bonds is 4. The summed E-state index contributed by atoms with van der Waals surface area (Å²) in [5.41, 5.74) is 6.67. The zero-order chi connectivity index (χ0) is 13.1. The molecule has 2 heterocycles. The lowest BCUT2D eigenvalue weighted by Gasteiger charge is -1.99. The molecule has 0 bridgehead atoms. The van der Waals surface area contributed by atoms with Crippen LogP contribution in [0.1, 0.15) is 13.3 Å². The number of aryl methyl sites for hydroxylation is 1. The molecule has 2 aromatic rings. The Morgan fingerprint density at radius 1 is 1.50 bits per heavy atom. The second-order valence-corrected chi connectivity index (χ2v) is 3.88. The molecule has 7 nitrogen and oxygen atoms in total. The fraction of sp³-hybridized carbons (Fsp3) is 0.273. The van der Waals surface area contributed by atoms with Crippen LogP contribution in [0.2, 0.25) is 0 Å². The first-order valence-electron chi connectivity index (χ1n) is 5.55. The van der Waals surface area contributed by atoms with Gasteiger partial charge in [0.1, 0.15) is 5.82 Å². The fourth-order valence-corrected chi connectivity index (χ4v) is 1.64. The third-order valence-corrected chi connectivity index (χ3v) is 2.42. The van der Waals surface area contributed by atoms with Crippen LogP contribution in [-0.2, 0) is 6.54 Å². The van der Waals surface area contributed by atoms with Crippen molar-refractivity contribution in [3.8, 4) is 11.3 Å². The van der Waals surface area contributed by atoms with Gasteiger partial charge in [0, 0.05) is 24.4 Å². The van der Waals surface area contributed by atoms with E-state index >= 15 is 0 Å². The van der Waals surface area contributed by atoms with Crippen LogP contribution in [0.4, 0.5) is 11.5 Å². The van der Waals surface area contributed by atoms with Gasteiger partial charge in [-0.25, -0.2) is 4.98 Å². The smallest absolute Gasteiger partial charge is 0.275 e. The maximum atomic E-state index is 10.7. The first-order valence-corrected chi connectivity index (χ1v) is 5.55. The minimum absolute atomic E-state index is 0.0688. The van der Waals surface area contributed by atoms with Crippen LogP contribution < -0.4 is 5.73 Å². The van der Waals surface area contributed by atoms with E-state index in [0.717, 1.165) is 18.5 Å². The molecule has 0 saturated heterocycles. The summed E-state index contributed by atoms with van der Waals surface area (Å²) in [6.45, 7) is 2.84. The zero-order valence-corrected chi connectivity index (χ0v) is 9.91.